The van der Waals surface area contributed by atoms with Gasteiger partial charge in [-0.3, -0.25) is 4.79 Å². The van der Waals surface area contributed by atoms with Crippen molar-refractivity contribution in [1.29, 1.82) is 0 Å². The molecule has 8 nitrogen and oxygen atoms in total. The van der Waals surface area contributed by atoms with Gasteiger partial charge in [-0.05, 0) is 44.2 Å². The van der Waals surface area contributed by atoms with Crippen molar-refractivity contribution in [3.05, 3.63) is 65.4 Å². The van der Waals surface area contributed by atoms with Gasteiger partial charge in [0.15, 0.2) is 17.3 Å². The molecular formula is C23H21FN6O2. The fourth-order valence-corrected chi connectivity index (χ4v) is 4.13. The van der Waals surface area contributed by atoms with Crippen LogP contribution in [0.3, 0.4) is 0 Å². The Kier molecular flexibility index (Phi) is 4.54. The van der Waals surface area contributed by atoms with Crippen molar-refractivity contribution in [1.82, 2.24) is 24.5 Å². The Morgan fingerprint density at radius 2 is 1.94 bits per heavy atom. The first-order chi connectivity index (χ1) is 15.4. The van der Waals surface area contributed by atoms with Crippen molar-refractivity contribution in [2.24, 2.45) is 7.05 Å². The van der Waals surface area contributed by atoms with Crippen LogP contribution in [0.4, 0.5) is 10.2 Å². The number of aromatic nitrogens is 5. The molecule has 0 saturated carbocycles. The monoisotopic (exact) mass is 432 g/mol. The number of benzene rings is 1. The SMILES string of the molecule is CCn1ccc2c1-c1cnc(N)c(c1)O[C@H](C)c1cc(F)ccc1-c1nn(C)nc1C2=O. The Morgan fingerprint density at radius 3 is 2.72 bits per heavy atom. The minimum absolute atomic E-state index is 0.187. The predicted molar refractivity (Wildman–Crippen MR) is 117 cm³/mol. The van der Waals surface area contributed by atoms with E-state index in [0.29, 0.717) is 45.9 Å². The second-order valence-electron chi connectivity index (χ2n) is 7.68. The second-order valence-corrected chi connectivity index (χ2v) is 7.68. The van der Waals surface area contributed by atoms with E-state index in [1.807, 2.05) is 17.7 Å². The Balaban J connectivity index is 1.86. The molecule has 1 aliphatic heterocycles. The summed E-state index contributed by atoms with van der Waals surface area (Å²) >= 11 is 0. The summed E-state index contributed by atoms with van der Waals surface area (Å²) in [7, 11) is 1.65. The standard InChI is InChI=1S/C23H21FN6O2/c1-4-30-8-7-16-21(30)13-9-18(23(25)26-11-13)32-12(2)17-10-14(24)5-6-15(17)19-20(22(16)31)28-29(3)27-19/h5-12H,4H2,1-3H3,(H2,25,26)/t12-/m1/s1. The predicted octanol–water partition coefficient (Wildman–Crippen LogP) is 3.77. The van der Waals surface area contributed by atoms with Crippen LogP contribution in [-0.4, -0.2) is 30.3 Å². The number of carbonyl (C=O) groups is 1. The van der Waals surface area contributed by atoms with E-state index in [1.165, 1.54) is 16.9 Å². The van der Waals surface area contributed by atoms with Crippen LogP contribution in [0, 0.1) is 5.82 Å². The summed E-state index contributed by atoms with van der Waals surface area (Å²) in [6.45, 7) is 4.42. The van der Waals surface area contributed by atoms with E-state index in [9.17, 15) is 9.18 Å². The number of nitrogens with two attached hydrogens (primary N) is 1. The van der Waals surface area contributed by atoms with E-state index in [1.54, 1.807) is 38.4 Å². The normalized spacial score (nSPS) is 15.1. The summed E-state index contributed by atoms with van der Waals surface area (Å²) in [5.41, 5.74) is 9.57. The number of halogens is 1. The van der Waals surface area contributed by atoms with Crippen LogP contribution < -0.4 is 10.5 Å². The lowest BCUT2D eigenvalue weighted by molar-refractivity contribution is 0.103. The maximum atomic E-state index is 14.2. The van der Waals surface area contributed by atoms with E-state index in [4.69, 9.17) is 10.5 Å². The smallest absolute Gasteiger partial charge is 0.217 e. The molecule has 0 unspecified atom stereocenters. The third-order valence-corrected chi connectivity index (χ3v) is 5.64. The van der Waals surface area contributed by atoms with Crippen molar-refractivity contribution in [2.75, 3.05) is 5.73 Å². The minimum atomic E-state index is -0.595. The maximum absolute atomic E-state index is 14.2. The van der Waals surface area contributed by atoms with Crippen LogP contribution in [0.25, 0.3) is 22.5 Å². The van der Waals surface area contributed by atoms with E-state index in [-0.39, 0.29) is 17.3 Å². The van der Waals surface area contributed by atoms with Gasteiger partial charge >= 0.3 is 0 Å². The lowest BCUT2D eigenvalue weighted by atomic mass is 9.95. The summed E-state index contributed by atoms with van der Waals surface area (Å²) in [6, 6.07) is 7.82. The van der Waals surface area contributed by atoms with Gasteiger partial charge in [-0.2, -0.15) is 9.90 Å². The third-order valence-electron chi connectivity index (χ3n) is 5.64. The second kappa shape index (κ2) is 7.30. The Morgan fingerprint density at radius 1 is 1.16 bits per heavy atom. The van der Waals surface area contributed by atoms with Crippen LogP contribution in [0.2, 0.25) is 0 Å². The van der Waals surface area contributed by atoms with Gasteiger partial charge in [-0.1, -0.05) is 0 Å². The molecule has 4 heterocycles. The lowest BCUT2D eigenvalue weighted by Gasteiger charge is -2.20. The zero-order chi connectivity index (χ0) is 22.6. The first kappa shape index (κ1) is 19.9. The van der Waals surface area contributed by atoms with E-state index >= 15 is 0 Å². The first-order valence-electron chi connectivity index (χ1n) is 10.2. The molecular weight excluding hydrogens is 411 g/mol. The summed E-state index contributed by atoms with van der Waals surface area (Å²) < 4.78 is 22.3. The molecule has 32 heavy (non-hydrogen) atoms. The molecule has 162 valence electrons. The number of nitrogens with zero attached hydrogens (tertiary/aromatic N) is 5. The van der Waals surface area contributed by atoms with Gasteiger partial charge in [0.1, 0.15) is 17.6 Å². The van der Waals surface area contributed by atoms with Gasteiger partial charge in [0.2, 0.25) is 5.78 Å². The molecule has 9 heteroatoms. The number of aryl methyl sites for hydroxylation is 2. The molecule has 4 aromatic rings. The molecule has 5 rings (SSSR count). The van der Waals surface area contributed by atoms with E-state index in [2.05, 4.69) is 15.2 Å². The van der Waals surface area contributed by atoms with Crippen LogP contribution in [0.15, 0.2) is 42.7 Å². The summed E-state index contributed by atoms with van der Waals surface area (Å²) in [4.78, 5) is 19.4. The molecule has 1 aliphatic rings. The quantitative estimate of drug-likeness (QED) is 0.491. The highest BCUT2D eigenvalue weighted by Crippen LogP contribution is 2.38. The number of anilines is 1. The molecule has 1 atom stereocenters. The molecule has 0 radical (unpaired) electrons. The molecule has 0 amide bonds. The maximum Gasteiger partial charge on any atom is 0.217 e. The molecule has 0 aliphatic carbocycles. The van der Waals surface area contributed by atoms with E-state index in [0.717, 1.165) is 0 Å². The van der Waals surface area contributed by atoms with Crippen LogP contribution in [-0.2, 0) is 13.6 Å². The number of pyridine rings is 1. The number of ketones is 1. The summed E-state index contributed by atoms with van der Waals surface area (Å²) in [6.07, 6.45) is 2.87. The Labute approximate surface area is 183 Å². The van der Waals surface area contributed by atoms with Crippen molar-refractivity contribution >= 4 is 11.6 Å². The van der Waals surface area contributed by atoms with Crippen LogP contribution in [0.1, 0.15) is 41.6 Å². The average molecular weight is 432 g/mol. The highest BCUT2D eigenvalue weighted by Gasteiger charge is 2.29. The molecule has 3 aromatic heterocycles. The van der Waals surface area contributed by atoms with Gasteiger partial charge in [0.25, 0.3) is 0 Å². The molecule has 1 aromatic carbocycles. The number of carbonyl (C=O) groups excluding carboxylic acids is 1. The number of fused-ring (bicyclic) bond motifs is 7. The fourth-order valence-electron chi connectivity index (χ4n) is 4.13. The summed E-state index contributed by atoms with van der Waals surface area (Å²) in [5, 5.41) is 8.81. The summed E-state index contributed by atoms with van der Waals surface area (Å²) in [5.74, 6) is -0.144. The zero-order valence-electron chi connectivity index (χ0n) is 17.8. The van der Waals surface area contributed by atoms with Crippen LogP contribution >= 0.6 is 0 Å². The van der Waals surface area contributed by atoms with Gasteiger partial charge < -0.3 is 15.0 Å². The van der Waals surface area contributed by atoms with E-state index < -0.39 is 11.9 Å². The molecule has 0 fully saturated rings. The van der Waals surface area contributed by atoms with Crippen molar-refractivity contribution in [3.8, 4) is 28.3 Å². The largest absolute Gasteiger partial charge is 0.482 e. The third kappa shape index (κ3) is 3.05. The zero-order valence-corrected chi connectivity index (χ0v) is 17.8. The Bertz CT molecular complexity index is 1370. The highest BCUT2D eigenvalue weighted by atomic mass is 19.1. The fraction of sp³-hybridized carbons (Fsp3) is 0.217. The van der Waals surface area contributed by atoms with Crippen LogP contribution in [0.5, 0.6) is 5.75 Å². The van der Waals surface area contributed by atoms with Crippen molar-refractivity contribution < 1.29 is 13.9 Å². The molecule has 2 N–H and O–H groups in total. The lowest BCUT2D eigenvalue weighted by Crippen LogP contribution is -2.12. The number of hydrogen-bond acceptors (Lipinski definition) is 6. The number of hydrogen-bond donors (Lipinski definition) is 1. The van der Waals surface area contributed by atoms with Gasteiger partial charge in [0, 0.05) is 42.7 Å². The van der Waals surface area contributed by atoms with Gasteiger partial charge in [-0.15, -0.1) is 5.10 Å². The topological polar surface area (TPSA) is 101 Å². The van der Waals surface area contributed by atoms with Crippen molar-refractivity contribution in [2.45, 2.75) is 26.5 Å². The molecule has 2 bridgehead atoms. The van der Waals surface area contributed by atoms with Gasteiger partial charge in [-0.25, -0.2) is 9.37 Å². The van der Waals surface area contributed by atoms with Gasteiger partial charge in [0.05, 0.1) is 11.3 Å². The number of ether oxygens (including phenoxy) is 1. The average Bonchev–Trinajstić information content (AvgIpc) is 3.37. The highest BCUT2D eigenvalue weighted by molar-refractivity contribution is 6.14. The first-order valence-corrected chi connectivity index (χ1v) is 10.2. The van der Waals surface area contributed by atoms with Crippen molar-refractivity contribution in [3.63, 3.8) is 0 Å². The molecule has 0 saturated heterocycles. The Hall–Kier alpha value is -4.01. The number of nitrogen functional groups attached to an aromatic ring is 1. The number of rotatable bonds is 1. The molecule has 0 spiro atoms. The minimum Gasteiger partial charge on any atom is -0.482 e.